The Bertz CT molecular complexity index is 1400. The van der Waals surface area contributed by atoms with E-state index in [9.17, 15) is 19.5 Å². The van der Waals surface area contributed by atoms with Crippen molar-refractivity contribution < 1.29 is 24.2 Å². The summed E-state index contributed by atoms with van der Waals surface area (Å²) in [4.78, 5) is 42.7. The highest BCUT2D eigenvalue weighted by Gasteiger charge is 2.37. The molecule has 8 nitrogen and oxygen atoms in total. The fourth-order valence-corrected chi connectivity index (χ4v) is 4.87. The first kappa shape index (κ1) is 32.4. The van der Waals surface area contributed by atoms with Gasteiger partial charge < -0.3 is 25.4 Å². The summed E-state index contributed by atoms with van der Waals surface area (Å²) >= 11 is 0. The quantitative estimate of drug-likeness (QED) is 0.226. The minimum Gasteiger partial charge on any atom is -0.507 e. The van der Waals surface area contributed by atoms with Crippen molar-refractivity contribution in [2.24, 2.45) is 5.92 Å². The second-order valence-corrected chi connectivity index (χ2v) is 12.2. The number of fused-ring (bicyclic) bond motifs is 1. The molecule has 0 heterocycles. The molecule has 0 saturated heterocycles. The number of benzene rings is 3. The van der Waals surface area contributed by atoms with Gasteiger partial charge in [-0.15, -0.1) is 0 Å². The van der Waals surface area contributed by atoms with Crippen LogP contribution >= 0.6 is 0 Å². The van der Waals surface area contributed by atoms with Crippen LogP contribution < -0.4 is 10.6 Å². The summed E-state index contributed by atoms with van der Waals surface area (Å²) in [6, 6.07) is 16.6. The number of aryl methyl sites for hydroxylation is 1. The minimum atomic E-state index is -1.15. The molecular weight excluding hydrogens is 530 g/mol. The molecule has 2 unspecified atom stereocenters. The van der Waals surface area contributed by atoms with Gasteiger partial charge in [0, 0.05) is 17.8 Å². The molecule has 3 aromatic rings. The number of phenols is 1. The molecule has 226 valence electrons. The van der Waals surface area contributed by atoms with Crippen molar-refractivity contribution in [3.63, 3.8) is 0 Å². The molecule has 0 spiro atoms. The minimum absolute atomic E-state index is 0.0500. The van der Waals surface area contributed by atoms with E-state index in [2.05, 4.69) is 10.6 Å². The molecule has 0 aliphatic rings. The topological polar surface area (TPSA) is 108 Å². The summed E-state index contributed by atoms with van der Waals surface area (Å²) < 4.78 is 5.46. The normalized spacial score (nSPS) is 13.0. The van der Waals surface area contributed by atoms with Crippen molar-refractivity contribution in [2.75, 3.05) is 11.9 Å². The average Bonchev–Trinajstić information content (AvgIpc) is 2.90. The number of nitrogens with one attached hydrogen (secondary N) is 2. The highest BCUT2D eigenvalue weighted by atomic mass is 16.6. The maximum Gasteiger partial charge on any atom is 0.408 e. The lowest BCUT2D eigenvalue weighted by atomic mass is 9.97. The van der Waals surface area contributed by atoms with Gasteiger partial charge in [0.15, 0.2) is 0 Å². The monoisotopic (exact) mass is 575 g/mol. The molecule has 0 radical (unpaired) electrons. The van der Waals surface area contributed by atoms with Crippen molar-refractivity contribution in [2.45, 2.75) is 85.4 Å². The first-order valence-corrected chi connectivity index (χ1v) is 14.7. The van der Waals surface area contributed by atoms with Gasteiger partial charge in [0.25, 0.3) is 5.91 Å². The number of unbranched alkanes of at least 4 members (excludes halogenated alkanes) is 1. The number of aromatic hydroxyl groups is 1. The summed E-state index contributed by atoms with van der Waals surface area (Å²) in [6.07, 6.45) is 1.04. The summed E-state index contributed by atoms with van der Waals surface area (Å²) in [6.45, 7) is 13.2. The lowest BCUT2D eigenvalue weighted by molar-refractivity contribution is -0.141. The molecule has 0 aromatic heterocycles. The third kappa shape index (κ3) is 8.71. The summed E-state index contributed by atoms with van der Waals surface area (Å²) in [5.74, 6) is -0.857. The Labute approximate surface area is 249 Å². The molecule has 0 bridgehead atoms. The Hall–Kier alpha value is -4.07. The molecule has 0 aliphatic heterocycles. The molecule has 2 atom stereocenters. The zero-order valence-corrected chi connectivity index (χ0v) is 25.9. The van der Waals surface area contributed by atoms with Crippen molar-refractivity contribution in [3.05, 3.63) is 71.8 Å². The van der Waals surface area contributed by atoms with Crippen LogP contribution in [-0.2, 0) is 14.3 Å². The molecule has 0 fully saturated rings. The second kappa shape index (κ2) is 14.2. The smallest absolute Gasteiger partial charge is 0.408 e. The number of ether oxygens (including phenoxy) is 1. The van der Waals surface area contributed by atoms with Gasteiger partial charge in [-0.1, -0.05) is 75.7 Å². The van der Waals surface area contributed by atoms with E-state index in [0.717, 1.165) is 17.2 Å². The van der Waals surface area contributed by atoms with Crippen LogP contribution in [0.15, 0.2) is 60.7 Å². The van der Waals surface area contributed by atoms with Crippen LogP contribution in [-0.4, -0.2) is 46.1 Å². The van der Waals surface area contributed by atoms with E-state index in [1.807, 2.05) is 63.2 Å². The number of nitrogens with zero attached hydrogens (tertiary/aromatic N) is 1. The Morgan fingerprint density at radius 1 is 0.976 bits per heavy atom. The van der Waals surface area contributed by atoms with Crippen LogP contribution in [0.4, 0.5) is 10.5 Å². The predicted octanol–water partition coefficient (Wildman–Crippen LogP) is 7.10. The number of anilines is 1. The van der Waals surface area contributed by atoms with Gasteiger partial charge >= 0.3 is 6.09 Å². The van der Waals surface area contributed by atoms with Gasteiger partial charge in [0.1, 0.15) is 23.4 Å². The zero-order chi connectivity index (χ0) is 31.0. The van der Waals surface area contributed by atoms with Crippen LogP contribution in [0.1, 0.15) is 78.0 Å². The van der Waals surface area contributed by atoms with Crippen LogP contribution in [0.5, 0.6) is 5.75 Å². The maximum atomic E-state index is 14.3. The zero-order valence-electron chi connectivity index (χ0n) is 25.9. The molecule has 3 amide bonds. The Morgan fingerprint density at radius 3 is 2.31 bits per heavy atom. The molecule has 3 aromatic carbocycles. The van der Waals surface area contributed by atoms with Gasteiger partial charge in [-0.3, -0.25) is 9.59 Å². The third-order valence-corrected chi connectivity index (χ3v) is 6.87. The predicted molar refractivity (Wildman–Crippen MR) is 167 cm³/mol. The summed E-state index contributed by atoms with van der Waals surface area (Å²) in [5, 5.41) is 18.9. The Kier molecular flexibility index (Phi) is 11.0. The number of carbonyl (C=O) groups is 3. The number of amides is 3. The molecule has 42 heavy (non-hydrogen) atoms. The maximum absolute atomic E-state index is 14.3. The van der Waals surface area contributed by atoms with E-state index >= 15 is 0 Å². The highest BCUT2D eigenvalue weighted by molar-refractivity contribution is 6.00. The number of alkyl carbamates (subject to hydrolysis) is 1. The second-order valence-electron chi connectivity index (χ2n) is 12.2. The van der Waals surface area contributed by atoms with Crippen molar-refractivity contribution in [3.8, 4) is 5.75 Å². The fourth-order valence-electron chi connectivity index (χ4n) is 4.87. The number of rotatable bonds is 11. The van der Waals surface area contributed by atoms with Crippen LogP contribution in [0.3, 0.4) is 0 Å². The summed E-state index contributed by atoms with van der Waals surface area (Å²) in [5.41, 5.74) is 0.736. The van der Waals surface area contributed by atoms with E-state index < -0.39 is 35.6 Å². The highest BCUT2D eigenvalue weighted by Crippen LogP contribution is 2.34. The number of phenolic OH excluding ortho intramolecular Hbond substituents is 1. The van der Waals surface area contributed by atoms with E-state index in [0.29, 0.717) is 29.7 Å². The van der Waals surface area contributed by atoms with Gasteiger partial charge in [0.2, 0.25) is 5.91 Å². The van der Waals surface area contributed by atoms with Crippen LogP contribution in [0, 0.1) is 12.8 Å². The average molecular weight is 576 g/mol. The lowest BCUT2D eigenvalue weighted by Crippen LogP contribution is -2.53. The number of hydrogen-bond donors (Lipinski definition) is 3. The first-order chi connectivity index (χ1) is 19.8. The lowest BCUT2D eigenvalue weighted by Gasteiger charge is -2.35. The molecule has 8 heteroatoms. The van der Waals surface area contributed by atoms with E-state index in [4.69, 9.17) is 4.74 Å². The third-order valence-electron chi connectivity index (χ3n) is 6.87. The van der Waals surface area contributed by atoms with Crippen molar-refractivity contribution in [1.29, 1.82) is 0 Å². The van der Waals surface area contributed by atoms with Crippen molar-refractivity contribution in [1.82, 2.24) is 10.2 Å². The number of hydrogen-bond acceptors (Lipinski definition) is 5. The van der Waals surface area contributed by atoms with Gasteiger partial charge in [0.05, 0.1) is 0 Å². The van der Waals surface area contributed by atoms with E-state index in [1.54, 1.807) is 45.9 Å². The van der Waals surface area contributed by atoms with Gasteiger partial charge in [-0.05, 0) is 74.9 Å². The Balaban J connectivity index is 2.07. The Morgan fingerprint density at radius 2 is 1.67 bits per heavy atom. The fraction of sp³-hybridized carbons (Fsp3) is 0.441. The molecule has 0 saturated carbocycles. The molecular formula is C34H45N3O5. The number of para-hydroxylation sites is 1. The van der Waals surface area contributed by atoms with Gasteiger partial charge in [-0.25, -0.2) is 4.79 Å². The van der Waals surface area contributed by atoms with Gasteiger partial charge in [-0.2, -0.15) is 0 Å². The SMILES string of the molecule is CCCCN(C(=O)C(CC(C)C)NC(=O)OC(C)(C)C)C(C(=O)Nc1ccc2ccccc2c1)c1cccc(C)c1O. The molecule has 3 N–H and O–H groups in total. The molecule has 3 rings (SSSR count). The largest absolute Gasteiger partial charge is 0.507 e. The van der Waals surface area contributed by atoms with Crippen molar-refractivity contribution >= 4 is 34.4 Å². The van der Waals surface area contributed by atoms with Crippen LogP contribution in [0.25, 0.3) is 10.8 Å². The first-order valence-electron chi connectivity index (χ1n) is 14.7. The van der Waals surface area contributed by atoms with E-state index in [-0.39, 0.29) is 18.2 Å². The van der Waals surface area contributed by atoms with Crippen LogP contribution in [0.2, 0.25) is 0 Å². The standard InChI is InChI=1S/C34H45N3O5/c1-8-9-19-37(32(40)28(20-22(2)3)36-33(41)42-34(5,6)7)29(27-16-12-13-23(4)30(27)38)31(39)35-26-18-17-24-14-10-11-15-25(24)21-26/h10-18,21-22,28-29,38H,8-9,19-20H2,1-7H3,(H,35,39)(H,36,41). The van der Waals surface area contributed by atoms with E-state index in [1.165, 1.54) is 4.90 Å². The summed E-state index contributed by atoms with van der Waals surface area (Å²) in [7, 11) is 0. The number of carbonyl (C=O) groups excluding carboxylic acids is 3. The molecule has 0 aliphatic carbocycles.